The zero-order valence-electron chi connectivity index (χ0n) is 12.6. The van der Waals surface area contributed by atoms with Crippen molar-refractivity contribution in [2.45, 2.75) is 57.5 Å². The van der Waals surface area contributed by atoms with Crippen LogP contribution in [0.3, 0.4) is 0 Å². The zero-order chi connectivity index (χ0) is 14.5. The number of benzene rings is 1. The standard InChI is InChI=1S/C18H25NO2/c20-18(19-12-14-6-7-14)21-13-15-8-10-17(11-9-15)16-4-2-1-3-5-16/h8-11,14,16H,1-7,12-13H2,(H,19,20). The van der Waals surface area contributed by atoms with E-state index in [1.54, 1.807) is 0 Å². The second-order valence-electron chi connectivity index (χ2n) is 6.48. The van der Waals surface area contributed by atoms with E-state index in [2.05, 4.69) is 29.6 Å². The molecule has 3 nitrogen and oxygen atoms in total. The maximum atomic E-state index is 11.5. The number of carbonyl (C=O) groups excluding carboxylic acids is 1. The van der Waals surface area contributed by atoms with Gasteiger partial charge < -0.3 is 10.1 Å². The number of alkyl carbamates (subject to hydrolysis) is 1. The minimum absolute atomic E-state index is 0.293. The molecule has 0 aliphatic heterocycles. The number of nitrogens with one attached hydrogen (secondary N) is 1. The Balaban J connectivity index is 1.43. The summed E-state index contributed by atoms with van der Waals surface area (Å²) in [4.78, 5) is 11.5. The highest BCUT2D eigenvalue weighted by molar-refractivity contribution is 5.67. The van der Waals surface area contributed by atoms with Gasteiger partial charge in [-0.05, 0) is 48.6 Å². The molecule has 0 saturated heterocycles. The molecular formula is C18H25NO2. The molecule has 1 amide bonds. The fourth-order valence-corrected chi connectivity index (χ4v) is 3.07. The molecule has 0 unspecified atom stereocenters. The summed E-state index contributed by atoms with van der Waals surface area (Å²) < 4.78 is 5.24. The minimum atomic E-state index is -0.293. The van der Waals surface area contributed by atoms with Crippen LogP contribution >= 0.6 is 0 Å². The topological polar surface area (TPSA) is 38.3 Å². The van der Waals surface area contributed by atoms with Gasteiger partial charge in [0, 0.05) is 6.54 Å². The molecule has 0 spiro atoms. The first kappa shape index (κ1) is 14.4. The number of rotatable bonds is 5. The molecule has 0 aromatic heterocycles. The van der Waals surface area contributed by atoms with E-state index in [0.717, 1.165) is 18.0 Å². The molecule has 2 saturated carbocycles. The lowest BCUT2D eigenvalue weighted by Crippen LogP contribution is -2.26. The maximum Gasteiger partial charge on any atom is 0.407 e. The molecule has 0 atom stereocenters. The maximum absolute atomic E-state index is 11.5. The van der Waals surface area contributed by atoms with E-state index in [1.165, 1.54) is 50.5 Å². The summed E-state index contributed by atoms with van der Waals surface area (Å²) in [6, 6.07) is 8.60. The van der Waals surface area contributed by atoms with E-state index in [-0.39, 0.29) is 6.09 Å². The SMILES string of the molecule is O=C(NCC1CC1)OCc1ccc(C2CCCCC2)cc1. The second kappa shape index (κ2) is 6.97. The third-order valence-corrected chi connectivity index (χ3v) is 4.66. The molecule has 2 aliphatic carbocycles. The van der Waals surface area contributed by atoms with Crippen LogP contribution in [-0.4, -0.2) is 12.6 Å². The average Bonchev–Trinajstić information content (AvgIpc) is 3.37. The Morgan fingerprint density at radius 3 is 2.43 bits per heavy atom. The fraction of sp³-hybridized carbons (Fsp3) is 0.611. The van der Waals surface area contributed by atoms with Crippen molar-refractivity contribution >= 4 is 6.09 Å². The highest BCUT2D eigenvalue weighted by Crippen LogP contribution is 2.32. The van der Waals surface area contributed by atoms with Gasteiger partial charge in [0.25, 0.3) is 0 Å². The molecular weight excluding hydrogens is 262 g/mol. The van der Waals surface area contributed by atoms with Crippen molar-refractivity contribution in [3.8, 4) is 0 Å². The Kier molecular flexibility index (Phi) is 4.79. The molecule has 21 heavy (non-hydrogen) atoms. The van der Waals surface area contributed by atoms with Crippen LogP contribution in [0.5, 0.6) is 0 Å². The van der Waals surface area contributed by atoms with Gasteiger partial charge in [0.05, 0.1) is 0 Å². The summed E-state index contributed by atoms with van der Waals surface area (Å²) in [5, 5.41) is 2.82. The number of carbonyl (C=O) groups is 1. The average molecular weight is 287 g/mol. The second-order valence-corrected chi connectivity index (χ2v) is 6.48. The minimum Gasteiger partial charge on any atom is -0.445 e. The Labute approximate surface area is 127 Å². The van der Waals surface area contributed by atoms with Crippen LogP contribution in [-0.2, 0) is 11.3 Å². The van der Waals surface area contributed by atoms with Crippen LogP contribution < -0.4 is 5.32 Å². The monoisotopic (exact) mass is 287 g/mol. The van der Waals surface area contributed by atoms with Gasteiger partial charge in [-0.1, -0.05) is 43.5 Å². The fourth-order valence-electron chi connectivity index (χ4n) is 3.07. The van der Waals surface area contributed by atoms with E-state index >= 15 is 0 Å². The zero-order valence-corrected chi connectivity index (χ0v) is 12.6. The number of ether oxygens (including phenoxy) is 1. The van der Waals surface area contributed by atoms with Crippen molar-refractivity contribution in [1.29, 1.82) is 0 Å². The molecule has 114 valence electrons. The molecule has 0 radical (unpaired) electrons. The molecule has 2 fully saturated rings. The highest BCUT2D eigenvalue weighted by Gasteiger charge is 2.21. The lowest BCUT2D eigenvalue weighted by Gasteiger charge is -2.22. The normalized spacial score (nSPS) is 19.2. The molecule has 1 aromatic carbocycles. The van der Waals surface area contributed by atoms with Gasteiger partial charge in [0.2, 0.25) is 0 Å². The van der Waals surface area contributed by atoms with Gasteiger partial charge >= 0.3 is 6.09 Å². The predicted molar refractivity (Wildman–Crippen MR) is 83.2 cm³/mol. The molecule has 0 heterocycles. The van der Waals surface area contributed by atoms with Gasteiger partial charge in [-0.15, -0.1) is 0 Å². The first-order valence-corrected chi connectivity index (χ1v) is 8.31. The summed E-state index contributed by atoms with van der Waals surface area (Å²) in [6.45, 7) is 1.13. The van der Waals surface area contributed by atoms with Gasteiger partial charge in [-0.3, -0.25) is 0 Å². The van der Waals surface area contributed by atoms with Crippen LogP contribution in [0.15, 0.2) is 24.3 Å². The lowest BCUT2D eigenvalue weighted by molar-refractivity contribution is 0.139. The third kappa shape index (κ3) is 4.48. The van der Waals surface area contributed by atoms with Crippen molar-refractivity contribution in [2.24, 2.45) is 5.92 Å². The van der Waals surface area contributed by atoms with Crippen molar-refractivity contribution in [3.05, 3.63) is 35.4 Å². The van der Waals surface area contributed by atoms with Crippen molar-refractivity contribution in [2.75, 3.05) is 6.54 Å². The Morgan fingerprint density at radius 1 is 1.05 bits per heavy atom. The predicted octanol–water partition coefficient (Wildman–Crippen LogP) is 4.37. The molecule has 3 rings (SSSR count). The first-order chi connectivity index (χ1) is 10.3. The summed E-state index contributed by atoms with van der Waals surface area (Å²) in [5.74, 6) is 1.42. The molecule has 0 bridgehead atoms. The molecule has 1 aromatic rings. The Bertz CT molecular complexity index is 459. The number of hydrogen-bond donors (Lipinski definition) is 1. The van der Waals surface area contributed by atoms with Crippen molar-refractivity contribution < 1.29 is 9.53 Å². The van der Waals surface area contributed by atoms with Gasteiger partial charge in [-0.2, -0.15) is 0 Å². The lowest BCUT2D eigenvalue weighted by atomic mass is 9.84. The van der Waals surface area contributed by atoms with E-state index < -0.39 is 0 Å². The van der Waals surface area contributed by atoms with Gasteiger partial charge in [0.1, 0.15) is 6.61 Å². The number of amides is 1. The molecule has 2 aliphatic rings. The summed E-state index contributed by atoms with van der Waals surface area (Å²) in [6.07, 6.45) is 8.93. The Morgan fingerprint density at radius 2 is 1.76 bits per heavy atom. The summed E-state index contributed by atoms with van der Waals surface area (Å²) in [7, 11) is 0. The quantitative estimate of drug-likeness (QED) is 0.873. The van der Waals surface area contributed by atoms with Gasteiger partial charge in [-0.25, -0.2) is 4.79 Å². The summed E-state index contributed by atoms with van der Waals surface area (Å²) >= 11 is 0. The van der Waals surface area contributed by atoms with Crippen molar-refractivity contribution in [3.63, 3.8) is 0 Å². The third-order valence-electron chi connectivity index (χ3n) is 4.66. The highest BCUT2D eigenvalue weighted by atomic mass is 16.5. The smallest absolute Gasteiger partial charge is 0.407 e. The van der Waals surface area contributed by atoms with Crippen LogP contribution in [0, 0.1) is 5.92 Å². The summed E-state index contributed by atoms with van der Waals surface area (Å²) in [5.41, 5.74) is 2.51. The van der Waals surface area contributed by atoms with Crippen LogP contribution in [0.4, 0.5) is 4.79 Å². The van der Waals surface area contributed by atoms with Crippen LogP contribution in [0.1, 0.15) is 62.0 Å². The van der Waals surface area contributed by atoms with E-state index in [4.69, 9.17) is 4.74 Å². The Hall–Kier alpha value is -1.51. The van der Waals surface area contributed by atoms with Crippen molar-refractivity contribution in [1.82, 2.24) is 5.32 Å². The largest absolute Gasteiger partial charge is 0.445 e. The molecule has 1 N–H and O–H groups in total. The number of hydrogen-bond acceptors (Lipinski definition) is 2. The van der Waals surface area contributed by atoms with E-state index in [0.29, 0.717) is 12.5 Å². The van der Waals surface area contributed by atoms with E-state index in [1.807, 2.05) is 0 Å². The first-order valence-electron chi connectivity index (χ1n) is 8.31. The van der Waals surface area contributed by atoms with Crippen LogP contribution in [0.2, 0.25) is 0 Å². The van der Waals surface area contributed by atoms with Gasteiger partial charge in [0.15, 0.2) is 0 Å². The van der Waals surface area contributed by atoms with Crippen LogP contribution in [0.25, 0.3) is 0 Å². The molecule has 3 heteroatoms. The van der Waals surface area contributed by atoms with E-state index in [9.17, 15) is 4.79 Å².